The lowest BCUT2D eigenvalue weighted by Gasteiger charge is -2.58. The van der Waals surface area contributed by atoms with Crippen LogP contribution in [0.1, 0.15) is 91.4 Å². The molecule has 3 fully saturated rings. The molecule has 0 bridgehead atoms. The van der Waals surface area contributed by atoms with Crippen molar-refractivity contribution in [2.45, 2.75) is 97.5 Å². The van der Waals surface area contributed by atoms with Crippen LogP contribution in [0.2, 0.25) is 0 Å². The van der Waals surface area contributed by atoms with E-state index in [9.17, 15) is 9.90 Å². The van der Waals surface area contributed by atoms with E-state index in [2.05, 4.69) is 13.8 Å². The zero-order chi connectivity index (χ0) is 17.3. The van der Waals surface area contributed by atoms with Gasteiger partial charge >= 0.3 is 0 Å². The summed E-state index contributed by atoms with van der Waals surface area (Å²) in [5.41, 5.74) is 0.478. The molecule has 138 valence electrons. The minimum atomic E-state index is -0.0418. The first-order valence-electron chi connectivity index (χ1n) is 10.6. The zero-order valence-electron chi connectivity index (χ0n) is 16.1. The molecule has 3 rings (SSSR count). The van der Waals surface area contributed by atoms with E-state index in [0.29, 0.717) is 17.1 Å². The predicted octanol–water partition coefficient (Wildman–Crippen LogP) is 5.38. The molecule has 0 radical (unpaired) electrons. The van der Waals surface area contributed by atoms with Gasteiger partial charge in [0.25, 0.3) is 0 Å². The molecule has 0 aromatic rings. The van der Waals surface area contributed by atoms with Gasteiger partial charge < -0.3 is 5.11 Å². The molecule has 2 heteroatoms. The molecule has 0 heterocycles. The summed E-state index contributed by atoms with van der Waals surface area (Å²) < 4.78 is 0. The average Bonchev–Trinajstić information content (AvgIpc) is 2.56. The molecule has 3 aliphatic carbocycles. The normalized spacial score (nSPS) is 43.6. The van der Waals surface area contributed by atoms with E-state index in [1.54, 1.807) is 6.92 Å². The number of carbonyl (C=O) groups excluding carboxylic acids is 1. The van der Waals surface area contributed by atoms with Crippen molar-refractivity contribution >= 4 is 5.78 Å². The summed E-state index contributed by atoms with van der Waals surface area (Å²) in [5, 5.41) is 10.1. The second-order valence-electron chi connectivity index (χ2n) is 9.46. The molecule has 0 aromatic heterocycles. The van der Waals surface area contributed by atoms with Crippen LogP contribution in [0.5, 0.6) is 0 Å². The number of Topliss-reactive ketones (excluding diaryl/α,β-unsaturated/α-hetero) is 1. The molecular formula is C22H38O2. The van der Waals surface area contributed by atoms with Crippen LogP contribution in [0.4, 0.5) is 0 Å². The monoisotopic (exact) mass is 334 g/mol. The van der Waals surface area contributed by atoms with E-state index in [-0.39, 0.29) is 6.10 Å². The molecule has 0 aromatic carbocycles. The van der Waals surface area contributed by atoms with E-state index in [1.807, 2.05) is 0 Å². The average molecular weight is 335 g/mol. The largest absolute Gasteiger partial charge is 0.393 e. The lowest BCUT2D eigenvalue weighted by Crippen LogP contribution is -2.50. The Bertz CT molecular complexity index is 445. The smallest absolute Gasteiger partial charge is 0.132 e. The molecule has 24 heavy (non-hydrogen) atoms. The Hall–Kier alpha value is -0.370. The van der Waals surface area contributed by atoms with E-state index in [0.717, 1.165) is 49.4 Å². The molecule has 3 aliphatic rings. The maximum Gasteiger partial charge on any atom is 0.132 e. The standard InChI is InChI=1S/C22H38O2/c1-4-16(15(2)23)8-9-17-6-5-7-21-20(17)11-10-18-14-19(24)12-13-22(18,21)3/h16-21,24H,4-14H2,1-3H3/t16?,17-,18-,19+,20-,21-,22-/m0/s1. The first-order valence-corrected chi connectivity index (χ1v) is 10.6. The Kier molecular flexibility index (Phi) is 5.74. The number of aliphatic hydroxyl groups is 1. The van der Waals surface area contributed by atoms with Gasteiger partial charge in [-0.2, -0.15) is 0 Å². The number of hydrogen-bond donors (Lipinski definition) is 1. The quantitative estimate of drug-likeness (QED) is 0.733. The van der Waals surface area contributed by atoms with Gasteiger partial charge in [0, 0.05) is 5.92 Å². The highest BCUT2D eigenvalue weighted by atomic mass is 16.3. The van der Waals surface area contributed by atoms with Gasteiger partial charge in [0.1, 0.15) is 5.78 Å². The van der Waals surface area contributed by atoms with Gasteiger partial charge in [-0.25, -0.2) is 0 Å². The lowest BCUT2D eigenvalue weighted by atomic mass is 9.47. The van der Waals surface area contributed by atoms with E-state index in [1.165, 1.54) is 44.9 Å². The van der Waals surface area contributed by atoms with E-state index in [4.69, 9.17) is 0 Å². The third-order valence-electron chi connectivity index (χ3n) is 8.37. The van der Waals surface area contributed by atoms with Gasteiger partial charge in [0.05, 0.1) is 6.10 Å². The molecule has 2 nitrogen and oxygen atoms in total. The first-order chi connectivity index (χ1) is 11.5. The summed E-state index contributed by atoms with van der Waals surface area (Å²) in [7, 11) is 0. The van der Waals surface area contributed by atoms with Crippen LogP contribution >= 0.6 is 0 Å². The third-order valence-corrected chi connectivity index (χ3v) is 8.37. The van der Waals surface area contributed by atoms with Crippen molar-refractivity contribution < 1.29 is 9.90 Å². The highest BCUT2D eigenvalue weighted by Gasteiger charge is 2.52. The molecule has 1 N–H and O–H groups in total. The first kappa shape index (κ1) is 18.4. The van der Waals surface area contributed by atoms with Crippen molar-refractivity contribution in [3.05, 3.63) is 0 Å². The Morgan fingerprint density at radius 1 is 1.21 bits per heavy atom. The molecule has 0 amide bonds. The SMILES string of the molecule is CCC(CC[C@@H]1CCC[C@H]2[C@H]1CC[C@H]1C[C@H](O)CC[C@@]12C)C(C)=O. The van der Waals surface area contributed by atoms with Crippen LogP contribution in [0.25, 0.3) is 0 Å². The number of carbonyl (C=O) groups is 1. The Labute approximate surface area is 148 Å². The lowest BCUT2D eigenvalue weighted by molar-refractivity contribution is -0.121. The summed E-state index contributed by atoms with van der Waals surface area (Å²) in [6.07, 6.45) is 13.5. The number of hydrogen-bond acceptors (Lipinski definition) is 2. The van der Waals surface area contributed by atoms with Crippen LogP contribution in [0, 0.1) is 35.0 Å². The summed E-state index contributed by atoms with van der Waals surface area (Å²) in [5.74, 6) is 4.05. The van der Waals surface area contributed by atoms with Crippen molar-refractivity contribution in [2.75, 3.05) is 0 Å². The second-order valence-corrected chi connectivity index (χ2v) is 9.46. The summed E-state index contributed by atoms with van der Waals surface area (Å²) in [6.45, 7) is 6.49. The van der Waals surface area contributed by atoms with Gasteiger partial charge in [-0.05, 0) is 93.8 Å². The van der Waals surface area contributed by atoms with Crippen molar-refractivity contribution in [2.24, 2.45) is 35.0 Å². The number of aliphatic hydroxyl groups excluding tert-OH is 1. The fraction of sp³-hybridized carbons (Fsp3) is 0.955. The number of fused-ring (bicyclic) bond motifs is 3. The Balaban J connectivity index is 1.67. The molecule has 0 aliphatic heterocycles. The fourth-order valence-electron chi connectivity index (χ4n) is 6.81. The van der Waals surface area contributed by atoms with Crippen LogP contribution in [-0.4, -0.2) is 17.0 Å². The minimum absolute atomic E-state index is 0.0418. The van der Waals surface area contributed by atoms with Crippen LogP contribution in [-0.2, 0) is 4.79 Å². The van der Waals surface area contributed by atoms with Gasteiger partial charge in [-0.15, -0.1) is 0 Å². The summed E-state index contributed by atoms with van der Waals surface area (Å²) >= 11 is 0. The Morgan fingerprint density at radius 3 is 2.71 bits per heavy atom. The molecular weight excluding hydrogens is 296 g/mol. The highest BCUT2D eigenvalue weighted by Crippen LogP contribution is 2.60. The third kappa shape index (κ3) is 3.45. The van der Waals surface area contributed by atoms with Crippen LogP contribution in [0.3, 0.4) is 0 Å². The maximum absolute atomic E-state index is 11.8. The molecule has 0 saturated heterocycles. The summed E-state index contributed by atoms with van der Waals surface area (Å²) in [6, 6.07) is 0. The fourth-order valence-corrected chi connectivity index (χ4v) is 6.81. The minimum Gasteiger partial charge on any atom is -0.393 e. The van der Waals surface area contributed by atoms with Crippen molar-refractivity contribution in [3.63, 3.8) is 0 Å². The van der Waals surface area contributed by atoms with Gasteiger partial charge in [-0.1, -0.05) is 26.7 Å². The Morgan fingerprint density at radius 2 is 2.00 bits per heavy atom. The van der Waals surface area contributed by atoms with Crippen molar-refractivity contribution in [1.29, 1.82) is 0 Å². The maximum atomic E-state index is 11.8. The number of rotatable bonds is 5. The topological polar surface area (TPSA) is 37.3 Å². The van der Waals surface area contributed by atoms with E-state index < -0.39 is 0 Å². The van der Waals surface area contributed by atoms with Gasteiger partial charge in [0.15, 0.2) is 0 Å². The van der Waals surface area contributed by atoms with Crippen molar-refractivity contribution in [3.8, 4) is 0 Å². The molecule has 1 unspecified atom stereocenters. The van der Waals surface area contributed by atoms with Gasteiger partial charge in [0.2, 0.25) is 0 Å². The second kappa shape index (κ2) is 7.48. The van der Waals surface area contributed by atoms with Crippen LogP contribution in [0.15, 0.2) is 0 Å². The molecule has 7 atom stereocenters. The predicted molar refractivity (Wildman–Crippen MR) is 98.7 cm³/mol. The molecule has 0 spiro atoms. The highest BCUT2D eigenvalue weighted by molar-refractivity contribution is 5.78. The van der Waals surface area contributed by atoms with Crippen LogP contribution < -0.4 is 0 Å². The zero-order valence-corrected chi connectivity index (χ0v) is 16.1. The van der Waals surface area contributed by atoms with Gasteiger partial charge in [-0.3, -0.25) is 4.79 Å². The summed E-state index contributed by atoms with van der Waals surface area (Å²) in [4.78, 5) is 11.8. The van der Waals surface area contributed by atoms with Crippen molar-refractivity contribution in [1.82, 2.24) is 0 Å². The number of ketones is 1. The molecule has 3 saturated carbocycles. The van der Waals surface area contributed by atoms with E-state index >= 15 is 0 Å².